The van der Waals surface area contributed by atoms with E-state index in [2.05, 4.69) is 9.73 Å². The van der Waals surface area contributed by atoms with E-state index < -0.39 is 5.97 Å². The predicted molar refractivity (Wildman–Crippen MR) is 80.1 cm³/mol. The van der Waals surface area contributed by atoms with Gasteiger partial charge in [-0.3, -0.25) is 19.5 Å². The van der Waals surface area contributed by atoms with Gasteiger partial charge in [0.15, 0.2) is 0 Å². The molecule has 0 aromatic carbocycles. The topological polar surface area (TPSA) is 68.2 Å². The Balaban J connectivity index is 2.96. The van der Waals surface area contributed by atoms with Crippen molar-refractivity contribution in [1.82, 2.24) is 4.90 Å². The van der Waals surface area contributed by atoms with Crippen LogP contribution in [-0.2, 0) is 19.1 Å². The quantitative estimate of drug-likeness (QED) is 0.723. The van der Waals surface area contributed by atoms with E-state index in [0.717, 1.165) is 6.42 Å². The summed E-state index contributed by atoms with van der Waals surface area (Å²) in [6.45, 7) is 7.01. The molecule has 0 saturated carbocycles. The number of hydrogen-bond acceptors (Lipinski definition) is 5. The molecule has 1 aliphatic heterocycles. The molecule has 0 aliphatic carbocycles. The summed E-state index contributed by atoms with van der Waals surface area (Å²) in [7, 11) is 1.33. The number of amidine groups is 1. The zero-order chi connectivity index (χ0) is 15.8. The minimum absolute atomic E-state index is 0.0184. The molecule has 120 valence electrons. The van der Waals surface area contributed by atoms with Gasteiger partial charge in [-0.05, 0) is 12.3 Å². The molecule has 0 bridgehead atoms. The smallest absolute Gasteiger partial charge is 0.327 e. The number of aliphatic imine (C=N–C) groups is 1. The van der Waals surface area contributed by atoms with Crippen LogP contribution in [-0.4, -0.2) is 55.5 Å². The van der Waals surface area contributed by atoms with Gasteiger partial charge >= 0.3 is 5.97 Å². The van der Waals surface area contributed by atoms with E-state index in [1.807, 2.05) is 20.8 Å². The highest BCUT2D eigenvalue weighted by atomic mass is 16.5. The number of hydrogen-bond donors (Lipinski definition) is 0. The summed E-state index contributed by atoms with van der Waals surface area (Å²) >= 11 is 0. The molecule has 0 radical (unpaired) electrons. The van der Waals surface area contributed by atoms with Crippen molar-refractivity contribution in [2.24, 2.45) is 10.9 Å². The molecule has 1 unspecified atom stereocenters. The van der Waals surface area contributed by atoms with E-state index in [-0.39, 0.29) is 24.4 Å². The highest BCUT2D eigenvalue weighted by molar-refractivity contribution is 5.99. The second-order valence-corrected chi connectivity index (χ2v) is 5.56. The zero-order valence-corrected chi connectivity index (χ0v) is 13.4. The molecule has 1 amide bonds. The summed E-state index contributed by atoms with van der Waals surface area (Å²) in [5.74, 6) is 0.555. The van der Waals surface area contributed by atoms with Gasteiger partial charge in [-0.25, -0.2) is 0 Å². The van der Waals surface area contributed by atoms with Crippen molar-refractivity contribution in [2.45, 2.75) is 46.1 Å². The molecule has 1 fully saturated rings. The van der Waals surface area contributed by atoms with Crippen molar-refractivity contribution in [2.75, 3.05) is 26.9 Å². The first kappa shape index (κ1) is 17.6. The van der Waals surface area contributed by atoms with E-state index in [1.165, 1.54) is 7.11 Å². The van der Waals surface area contributed by atoms with E-state index in [4.69, 9.17) is 4.74 Å². The van der Waals surface area contributed by atoms with E-state index in [0.29, 0.717) is 31.9 Å². The Morgan fingerprint density at radius 3 is 2.76 bits per heavy atom. The van der Waals surface area contributed by atoms with Gasteiger partial charge in [0.25, 0.3) is 0 Å². The molecule has 6 heteroatoms. The maximum atomic E-state index is 12.5. The van der Waals surface area contributed by atoms with Crippen LogP contribution >= 0.6 is 0 Å². The van der Waals surface area contributed by atoms with Crippen LogP contribution < -0.4 is 0 Å². The molecular formula is C15H26N2O4. The Morgan fingerprint density at radius 2 is 2.19 bits per heavy atom. The SMILES string of the molecule is CCC1COCCC(=NCC(=O)OC)N1C(=O)CC(C)C. The van der Waals surface area contributed by atoms with Crippen molar-refractivity contribution < 1.29 is 19.1 Å². The van der Waals surface area contributed by atoms with Crippen LogP contribution in [0.2, 0.25) is 0 Å². The number of nitrogens with zero attached hydrogens (tertiary/aromatic N) is 2. The Hall–Kier alpha value is -1.43. The van der Waals surface area contributed by atoms with E-state index in [9.17, 15) is 9.59 Å². The lowest BCUT2D eigenvalue weighted by Crippen LogP contribution is -2.45. The number of ether oxygens (including phenoxy) is 2. The van der Waals surface area contributed by atoms with Crippen LogP contribution in [0.5, 0.6) is 0 Å². The Labute approximate surface area is 126 Å². The van der Waals surface area contributed by atoms with Gasteiger partial charge in [-0.15, -0.1) is 0 Å². The fraction of sp³-hybridized carbons (Fsp3) is 0.800. The largest absolute Gasteiger partial charge is 0.468 e. The number of carbonyl (C=O) groups excluding carboxylic acids is 2. The maximum Gasteiger partial charge on any atom is 0.327 e. The minimum atomic E-state index is -0.406. The Kier molecular flexibility index (Phi) is 7.36. The maximum absolute atomic E-state index is 12.5. The number of rotatable bonds is 5. The molecule has 0 aromatic heterocycles. The summed E-state index contributed by atoms with van der Waals surface area (Å²) in [6, 6.07) is -0.0184. The molecule has 1 aliphatic rings. The monoisotopic (exact) mass is 298 g/mol. The van der Waals surface area contributed by atoms with Gasteiger partial charge in [-0.1, -0.05) is 20.8 Å². The normalized spacial score (nSPS) is 21.5. The van der Waals surface area contributed by atoms with E-state index in [1.54, 1.807) is 4.90 Å². The summed E-state index contributed by atoms with van der Waals surface area (Å²) in [6.07, 6.45) is 1.80. The molecular weight excluding hydrogens is 272 g/mol. The lowest BCUT2D eigenvalue weighted by atomic mass is 10.1. The first-order valence-electron chi connectivity index (χ1n) is 7.49. The van der Waals surface area contributed by atoms with Gasteiger partial charge < -0.3 is 9.47 Å². The molecule has 0 spiro atoms. The summed E-state index contributed by atoms with van der Waals surface area (Å²) < 4.78 is 10.2. The van der Waals surface area contributed by atoms with Crippen LogP contribution in [0.4, 0.5) is 0 Å². The number of carbonyl (C=O) groups is 2. The molecule has 0 aromatic rings. The van der Waals surface area contributed by atoms with Gasteiger partial charge in [0.05, 0.1) is 26.4 Å². The standard InChI is InChI=1S/C15H26N2O4/c1-5-12-10-21-7-6-13(16-9-15(19)20-4)17(12)14(18)8-11(2)3/h11-12H,5-10H2,1-4H3. The Morgan fingerprint density at radius 1 is 1.48 bits per heavy atom. The van der Waals surface area contributed by atoms with Crippen LogP contribution in [0.25, 0.3) is 0 Å². The van der Waals surface area contributed by atoms with Crippen molar-refractivity contribution in [1.29, 1.82) is 0 Å². The summed E-state index contributed by atoms with van der Waals surface area (Å²) in [4.78, 5) is 29.8. The summed E-state index contributed by atoms with van der Waals surface area (Å²) in [5.41, 5.74) is 0. The summed E-state index contributed by atoms with van der Waals surface area (Å²) in [5, 5.41) is 0. The molecule has 21 heavy (non-hydrogen) atoms. The third-order valence-corrected chi connectivity index (χ3v) is 3.36. The van der Waals surface area contributed by atoms with Gasteiger partial charge in [0.2, 0.25) is 5.91 Å². The highest BCUT2D eigenvalue weighted by Gasteiger charge is 2.29. The molecule has 1 atom stereocenters. The molecule has 1 saturated heterocycles. The molecule has 6 nitrogen and oxygen atoms in total. The first-order chi connectivity index (χ1) is 9.99. The average molecular weight is 298 g/mol. The van der Waals surface area contributed by atoms with Crippen LogP contribution in [0, 0.1) is 5.92 Å². The number of methoxy groups -OCH3 is 1. The fourth-order valence-electron chi connectivity index (χ4n) is 2.26. The van der Waals surface area contributed by atoms with Crippen LogP contribution in [0.1, 0.15) is 40.0 Å². The van der Waals surface area contributed by atoms with Crippen LogP contribution in [0.3, 0.4) is 0 Å². The van der Waals surface area contributed by atoms with Gasteiger partial charge in [0.1, 0.15) is 12.4 Å². The predicted octanol–water partition coefficient (Wildman–Crippen LogP) is 1.63. The Bertz CT molecular complexity index is 393. The van der Waals surface area contributed by atoms with Crippen molar-refractivity contribution in [3.63, 3.8) is 0 Å². The zero-order valence-electron chi connectivity index (χ0n) is 13.4. The second-order valence-electron chi connectivity index (χ2n) is 5.56. The number of esters is 1. The van der Waals surface area contributed by atoms with Crippen molar-refractivity contribution in [3.05, 3.63) is 0 Å². The third-order valence-electron chi connectivity index (χ3n) is 3.36. The number of amides is 1. The fourth-order valence-corrected chi connectivity index (χ4v) is 2.26. The van der Waals surface area contributed by atoms with Gasteiger partial charge in [-0.2, -0.15) is 0 Å². The lowest BCUT2D eigenvalue weighted by molar-refractivity contribution is -0.139. The molecule has 0 N–H and O–H groups in total. The van der Waals surface area contributed by atoms with Crippen molar-refractivity contribution in [3.8, 4) is 0 Å². The highest BCUT2D eigenvalue weighted by Crippen LogP contribution is 2.17. The van der Waals surface area contributed by atoms with E-state index >= 15 is 0 Å². The lowest BCUT2D eigenvalue weighted by Gasteiger charge is -2.30. The third kappa shape index (κ3) is 5.46. The minimum Gasteiger partial charge on any atom is -0.468 e. The van der Waals surface area contributed by atoms with Crippen LogP contribution in [0.15, 0.2) is 4.99 Å². The first-order valence-corrected chi connectivity index (χ1v) is 7.49. The van der Waals surface area contributed by atoms with Gasteiger partial charge in [0, 0.05) is 12.8 Å². The second kappa shape index (κ2) is 8.77. The average Bonchev–Trinajstić information content (AvgIpc) is 2.65. The molecule has 1 heterocycles. The van der Waals surface area contributed by atoms with Crippen molar-refractivity contribution >= 4 is 17.7 Å². The molecule has 1 rings (SSSR count).